The summed E-state index contributed by atoms with van der Waals surface area (Å²) in [5.74, 6) is 0.0927. The van der Waals surface area contributed by atoms with Crippen LogP contribution in [-0.4, -0.2) is 19.2 Å². The molecular weight excluding hydrogens is 255 g/mol. The fraction of sp³-hybridized carbons (Fsp3) is 0.571. The first-order chi connectivity index (χ1) is 8.97. The number of halogens is 3. The van der Waals surface area contributed by atoms with Crippen molar-refractivity contribution in [2.45, 2.75) is 32.0 Å². The molecule has 19 heavy (non-hydrogen) atoms. The van der Waals surface area contributed by atoms with Crippen LogP contribution in [0.1, 0.15) is 25.3 Å². The third-order valence-corrected chi connectivity index (χ3v) is 3.05. The number of nitrogens with one attached hydrogen (secondary N) is 1. The Labute approximate surface area is 111 Å². The number of hydrogen-bond donors (Lipinski definition) is 1. The molecule has 0 spiro atoms. The van der Waals surface area contributed by atoms with E-state index in [1.165, 1.54) is 25.0 Å². The molecule has 0 bridgehead atoms. The molecule has 2 nitrogen and oxygen atoms in total. The minimum atomic E-state index is -4.37. The van der Waals surface area contributed by atoms with Crippen LogP contribution in [0.3, 0.4) is 0 Å². The highest BCUT2D eigenvalue weighted by Gasteiger charge is 2.34. The molecule has 2 rings (SSSR count). The largest absolute Gasteiger partial charge is 0.493 e. The molecule has 0 heterocycles. The molecule has 0 radical (unpaired) electrons. The SMILES string of the molecule is CC(CNC1CC1)COc1ccccc1C(F)(F)F. The van der Waals surface area contributed by atoms with Crippen molar-refractivity contribution in [3.63, 3.8) is 0 Å². The summed E-state index contributed by atoms with van der Waals surface area (Å²) in [5, 5.41) is 3.34. The smallest absolute Gasteiger partial charge is 0.419 e. The number of para-hydroxylation sites is 1. The van der Waals surface area contributed by atoms with Crippen LogP contribution in [-0.2, 0) is 6.18 Å². The molecule has 1 atom stereocenters. The Morgan fingerprint density at radius 3 is 2.63 bits per heavy atom. The van der Waals surface area contributed by atoms with Crippen molar-refractivity contribution in [1.82, 2.24) is 5.32 Å². The molecule has 0 aromatic heterocycles. The minimum Gasteiger partial charge on any atom is -0.493 e. The van der Waals surface area contributed by atoms with Crippen LogP contribution in [0.4, 0.5) is 13.2 Å². The van der Waals surface area contributed by atoms with Gasteiger partial charge >= 0.3 is 6.18 Å². The number of benzene rings is 1. The van der Waals surface area contributed by atoms with Crippen LogP contribution in [0, 0.1) is 5.92 Å². The molecule has 1 aromatic rings. The van der Waals surface area contributed by atoms with E-state index in [0.29, 0.717) is 6.04 Å². The molecule has 1 saturated carbocycles. The Morgan fingerprint density at radius 1 is 1.32 bits per heavy atom. The highest BCUT2D eigenvalue weighted by Crippen LogP contribution is 2.35. The van der Waals surface area contributed by atoms with Crippen LogP contribution >= 0.6 is 0 Å². The molecule has 1 aliphatic rings. The Hall–Kier alpha value is -1.23. The van der Waals surface area contributed by atoms with Crippen LogP contribution in [0.2, 0.25) is 0 Å². The summed E-state index contributed by atoms with van der Waals surface area (Å²) in [4.78, 5) is 0. The van der Waals surface area contributed by atoms with E-state index < -0.39 is 11.7 Å². The summed E-state index contributed by atoms with van der Waals surface area (Å²) in [5.41, 5.74) is -0.711. The monoisotopic (exact) mass is 273 g/mol. The normalized spacial score (nSPS) is 17.3. The summed E-state index contributed by atoms with van der Waals surface area (Å²) in [7, 11) is 0. The van der Waals surface area contributed by atoms with Crippen molar-refractivity contribution in [2.24, 2.45) is 5.92 Å². The quantitative estimate of drug-likeness (QED) is 0.857. The van der Waals surface area contributed by atoms with Gasteiger partial charge in [0.2, 0.25) is 0 Å². The van der Waals surface area contributed by atoms with E-state index in [9.17, 15) is 13.2 Å². The van der Waals surface area contributed by atoms with Crippen molar-refractivity contribution >= 4 is 0 Å². The molecule has 1 aliphatic carbocycles. The first-order valence-electron chi connectivity index (χ1n) is 6.49. The van der Waals surface area contributed by atoms with Gasteiger partial charge in [-0.2, -0.15) is 13.2 Å². The van der Waals surface area contributed by atoms with Gasteiger partial charge < -0.3 is 10.1 Å². The van der Waals surface area contributed by atoms with Crippen molar-refractivity contribution in [1.29, 1.82) is 0 Å². The molecule has 1 N–H and O–H groups in total. The molecule has 5 heteroatoms. The average Bonchev–Trinajstić information content (AvgIpc) is 3.17. The van der Waals surface area contributed by atoms with Crippen molar-refractivity contribution in [3.8, 4) is 5.75 Å². The van der Waals surface area contributed by atoms with Gasteiger partial charge in [-0.25, -0.2) is 0 Å². The van der Waals surface area contributed by atoms with Crippen LogP contribution in [0.5, 0.6) is 5.75 Å². The molecule has 0 saturated heterocycles. The van der Waals surface area contributed by atoms with Gasteiger partial charge in [0.25, 0.3) is 0 Å². The zero-order valence-corrected chi connectivity index (χ0v) is 10.8. The average molecular weight is 273 g/mol. The number of rotatable bonds is 6. The molecule has 0 amide bonds. The van der Waals surface area contributed by atoms with Gasteiger partial charge in [0.1, 0.15) is 5.75 Å². The van der Waals surface area contributed by atoms with Crippen LogP contribution < -0.4 is 10.1 Å². The van der Waals surface area contributed by atoms with Crippen molar-refractivity contribution < 1.29 is 17.9 Å². The lowest BCUT2D eigenvalue weighted by Gasteiger charge is -2.17. The summed E-state index contributed by atoms with van der Waals surface area (Å²) in [6.45, 7) is 3.03. The van der Waals surface area contributed by atoms with Gasteiger partial charge in [0, 0.05) is 18.5 Å². The molecule has 1 unspecified atom stereocenters. The van der Waals surface area contributed by atoms with Gasteiger partial charge in [0.15, 0.2) is 0 Å². The van der Waals surface area contributed by atoms with Gasteiger partial charge in [-0.05, 0) is 25.0 Å². The van der Waals surface area contributed by atoms with Gasteiger partial charge in [-0.3, -0.25) is 0 Å². The first-order valence-corrected chi connectivity index (χ1v) is 6.49. The predicted molar refractivity (Wildman–Crippen MR) is 67.1 cm³/mol. The Morgan fingerprint density at radius 2 is 2.00 bits per heavy atom. The van der Waals surface area contributed by atoms with E-state index in [1.807, 2.05) is 6.92 Å². The molecule has 0 aliphatic heterocycles. The molecular formula is C14H18F3NO. The van der Waals surface area contributed by atoms with E-state index in [4.69, 9.17) is 4.74 Å². The highest BCUT2D eigenvalue weighted by molar-refractivity contribution is 5.35. The summed E-state index contributed by atoms with van der Waals surface area (Å²) < 4.78 is 43.5. The van der Waals surface area contributed by atoms with Crippen molar-refractivity contribution in [2.75, 3.05) is 13.2 Å². The van der Waals surface area contributed by atoms with Crippen molar-refractivity contribution in [3.05, 3.63) is 29.8 Å². The van der Waals surface area contributed by atoms with Crippen LogP contribution in [0.15, 0.2) is 24.3 Å². The fourth-order valence-corrected chi connectivity index (χ4v) is 1.77. The lowest BCUT2D eigenvalue weighted by Crippen LogP contribution is -2.26. The number of hydrogen-bond acceptors (Lipinski definition) is 2. The number of alkyl halides is 3. The molecule has 106 valence electrons. The lowest BCUT2D eigenvalue weighted by molar-refractivity contribution is -0.139. The maximum atomic E-state index is 12.7. The standard InChI is InChI=1S/C14H18F3NO/c1-10(8-18-11-6-7-11)9-19-13-5-3-2-4-12(13)14(15,16)17/h2-5,10-11,18H,6-9H2,1H3. The predicted octanol–water partition coefficient (Wildman–Crippen LogP) is 3.47. The van der Waals surface area contributed by atoms with Gasteiger partial charge in [-0.1, -0.05) is 19.1 Å². The zero-order chi connectivity index (χ0) is 13.9. The fourth-order valence-electron chi connectivity index (χ4n) is 1.77. The third kappa shape index (κ3) is 4.42. The van der Waals surface area contributed by atoms with E-state index >= 15 is 0 Å². The van der Waals surface area contributed by atoms with Gasteiger partial charge in [0.05, 0.1) is 12.2 Å². The number of ether oxygens (including phenoxy) is 1. The Balaban J connectivity index is 1.87. The Kier molecular flexibility index (Phi) is 4.34. The maximum Gasteiger partial charge on any atom is 0.419 e. The third-order valence-electron chi connectivity index (χ3n) is 3.05. The summed E-state index contributed by atoms with van der Waals surface area (Å²) in [6, 6.07) is 5.93. The van der Waals surface area contributed by atoms with E-state index in [0.717, 1.165) is 12.6 Å². The minimum absolute atomic E-state index is 0.0896. The maximum absolute atomic E-state index is 12.7. The first kappa shape index (κ1) is 14.2. The Bertz CT molecular complexity index is 415. The summed E-state index contributed by atoms with van der Waals surface area (Å²) >= 11 is 0. The molecule has 1 aromatic carbocycles. The second-order valence-electron chi connectivity index (χ2n) is 5.09. The molecule has 1 fully saturated rings. The topological polar surface area (TPSA) is 21.3 Å². The second kappa shape index (κ2) is 5.82. The lowest BCUT2D eigenvalue weighted by atomic mass is 10.1. The van der Waals surface area contributed by atoms with Gasteiger partial charge in [-0.15, -0.1) is 0 Å². The van der Waals surface area contributed by atoms with E-state index in [2.05, 4.69) is 5.32 Å². The van der Waals surface area contributed by atoms with E-state index in [1.54, 1.807) is 6.07 Å². The summed E-state index contributed by atoms with van der Waals surface area (Å²) in [6.07, 6.45) is -1.97. The second-order valence-corrected chi connectivity index (χ2v) is 5.09. The van der Waals surface area contributed by atoms with Crippen LogP contribution in [0.25, 0.3) is 0 Å². The van der Waals surface area contributed by atoms with E-state index in [-0.39, 0.29) is 18.3 Å². The highest BCUT2D eigenvalue weighted by atomic mass is 19.4. The zero-order valence-electron chi connectivity index (χ0n) is 10.8.